The molecule has 0 aromatic rings. The van der Waals surface area contributed by atoms with Crippen molar-refractivity contribution in [1.29, 1.82) is 0 Å². The molecule has 84 valence electrons. The smallest absolute Gasteiger partial charge is 0.110 e. The molecule has 0 spiro atoms. The molecular weight excluding hydrogens is 186 g/mol. The maximum Gasteiger partial charge on any atom is 0.110 e. The van der Waals surface area contributed by atoms with Gasteiger partial charge >= 0.3 is 0 Å². The molecule has 0 aromatic carbocycles. The zero-order valence-electron chi connectivity index (χ0n) is 8.55. The Kier molecular flexibility index (Phi) is 4.28. The fraction of sp³-hybridized carbons (Fsp3) is 1.00. The van der Waals surface area contributed by atoms with Crippen molar-refractivity contribution in [1.82, 2.24) is 5.32 Å². The standard InChI is InChI=1S/C9H19NO4/c1-5(2)10-6-4-14-7(3-11)9(13)8(6)12/h5-13H,3-4H2,1-2H3. The normalized spacial score (nSPS) is 39.0. The zero-order valence-corrected chi connectivity index (χ0v) is 8.55. The molecule has 14 heavy (non-hydrogen) atoms. The molecular formula is C9H19NO4. The molecule has 1 heterocycles. The number of aliphatic hydroxyl groups excluding tert-OH is 3. The third-order valence-electron chi connectivity index (χ3n) is 2.36. The summed E-state index contributed by atoms with van der Waals surface area (Å²) >= 11 is 0. The zero-order chi connectivity index (χ0) is 10.7. The fourth-order valence-corrected chi connectivity index (χ4v) is 1.62. The van der Waals surface area contributed by atoms with Crippen molar-refractivity contribution in [2.24, 2.45) is 0 Å². The van der Waals surface area contributed by atoms with E-state index in [0.29, 0.717) is 6.61 Å². The molecule has 0 aromatic heterocycles. The fourth-order valence-electron chi connectivity index (χ4n) is 1.62. The highest BCUT2D eigenvalue weighted by Gasteiger charge is 2.37. The van der Waals surface area contributed by atoms with Crippen molar-refractivity contribution in [3.8, 4) is 0 Å². The second kappa shape index (κ2) is 5.04. The highest BCUT2D eigenvalue weighted by atomic mass is 16.5. The van der Waals surface area contributed by atoms with Crippen LogP contribution in [0, 0.1) is 0 Å². The minimum atomic E-state index is -1.02. The lowest BCUT2D eigenvalue weighted by atomic mass is 9.98. The van der Waals surface area contributed by atoms with Gasteiger partial charge in [-0.3, -0.25) is 0 Å². The molecule has 4 unspecified atom stereocenters. The lowest BCUT2D eigenvalue weighted by molar-refractivity contribution is -0.162. The van der Waals surface area contributed by atoms with E-state index in [1.807, 2.05) is 13.8 Å². The highest BCUT2D eigenvalue weighted by molar-refractivity contribution is 4.90. The Balaban J connectivity index is 2.50. The minimum Gasteiger partial charge on any atom is -0.394 e. The Morgan fingerprint density at radius 2 is 2.00 bits per heavy atom. The van der Waals surface area contributed by atoms with Gasteiger partial charge in [0.25, 0.3) is 0 Å². The van der Waals surface area contributed by atoms with Crippen LogP contribution < -0.4 is 5.32 Å². The average molecular weight is 205 g/mol. The largest absolute Gasteiger partial charge is 0.394 e. The number of aliphatic hydroxyl groups is 3. The van der Waals surface area contributed by atoms with E-state index in [4.69, 9.17) is 9.84 Å². The average Bonchev–Trinajstić information content (AvgIpc) is 2.13. The van der Waals surface area contributed by atoms with Crippen molar-refractivity contribution in [2.75, 3.05) is 13.2 Å². The number of hydrogen-bond donors (Lipinski definition) is 4. The first kappa shape index (κ1) is 11.9. The van der Waals surface area contributed by atoms with Crippen LogP contribution in [0.3, 0.4) is 0 Å². The first-order valence-corrected chi connectivity index (χ1v) is 4.91. The van der Waals surface area contributed by atoms with Crippen LogP contribution in [0.5, 0.6) is 0 Å². The number of ether oxygens (including phenoxy) is 1. The van der Waals surface area contributed by atoms with Crippen molar-refractivity contribution in [3.05, 3.63) is 0 Å². The summed E-state index contributed by atoms with van der Waals surface area (Å²) in [5.74, 6) is 0. The van der Waals surface area contributed by atoms with Crippen molar-refractivity contribution in [2.45, 2.75) is 44.2 Å². The van der Waals surface area contributed by atoms with E-state index in [1.165, 1.54) is 0 Å². The van der Waals surface area contributed by atoms with Crippen LogP contribution in [-0.4, -0.2) is 58.9 Å². The molecule has 1 aliphatic heterocycles. The van der Waals surface area contributed by atoms with Crippen LogP contribution in [0.2, 0.25) is 0 Å². The summed E-state index contributed by atoms with van der Waals surface area (Å²) in [6, 6.07) is -0.0519. The van der Waals surface area contributed by atoms with Crippen molar-refractivity contribution >= 4 is 0 Å². The molecule has 0 aliphatic carbocycles. The quantitative estimate of drug-likeness (QED) is 0.449. The van der Waals surface area contributed by atoms with Gasteiger partial charge < -0.3 is 25.4 Å². The summed E-state index contributed by atoms with van der Waals surface area (Å²) in [7, 11) is 0. The number of rotatable bonds is 3. The maximum absolute atomic E-state index is 9.68. The lowest BCUT2D eigenvalue weighted by Gasteiger charge is -2.38. The monoisotopic (exact) mass is 205 g/mol. The van der Waals surface area contributed by atoms with E-state index >= 15 is 0 Å². The van der Waals surface area contributed by atoms with E-state index in [1.54, 1.807) is 0 Å². The molecule has 0 saturated carbocycles. The summed E-state index contributed by atoms with van der Waals surface area (Å²) in [6.07, 6.45) is -2.58. The van der Waals surface area contributed by atoms with Crippen LogP contribution >= 0.6 is 0 Å². The Hall–Kier alpha value is -0.200. The summed E-state index contributed by atoms with van der Waals surface area (Å²) in [5.41, 5.74) is 0. The van der Waals surface area contributed by atoms with E-state index < -0.39 is 18.3 Å². The highest BCUT2D eigenvalue weighted by Crippen LogP contribution is 2.15. The van der Waals surface area contributed by atoms with Gasteiger partial charge in [-0.2, -0.15) is 0 Å². The summed E-state index contributed by atoms with van der Waals surface area (Å²) < 4.78 is 5.20. The van der Waals surface area contributed by atoms with E-state index in [-0.39, 0.29) is 18.7 Å². The first-order valence-electron chi connectivity index (χ1n) is 4.91. The molecule has 4 atom stereocenters. The Bertz CT molecular complexity index is 176. The van der Waals surface area contributed by atoms with Gasteiger partial charge in [0.15, 0.2) is 0 Å². The minimum absolute atomic E-state index is 0.219. The molecule has 0 amide bonds. The van der Waals surface area contributed by atoms with Gasteiger partial charge in [-0.25, -0.2) is 0 Å². The summed E-state index contributed by atoms with van der Waals surface area (Å²) in [5, 5.41) is 31.2. The van der Waals surface area contributed by atoms with Gasteiger partial charge in [0.2, 0.25) is 0 Å². The van der Waals surface area contributed by atoms with Crippen LogP contribution in [0.25, 0.3) is 0 Å². The van der Waals surface area contributed by atoms with Crippen molar-refractivity contribution < 1.29 is 20.1 Å². The van der Waals surface area contributed by atoms with E-state index in [0.717, 1.165) is 0 Å². The second-order valence-electron chi connectivity index (χ2n) is 3.96. The second-order valence-corrected chi connectivity index (χ2v) is 3.96. The predicted molar refractivity (Wildman–Crippen MR) is 50.9 cm³/mol. The maximum atomic E-state index is 9.68. The van der Waals surface area contributed by atoms with Gasteiger partial charge in [-0.05, 0) is 0 Å². The summed E-state index contributed by atoms with van der Waals surface area (Å²) in [6.45, 7) is 3.95. The molecule has 1 aliphatic rings. The molecule has 1 saturated heterocycles. The third kappa shape index (κ3) is 2.65. The molecule has 1 fully saturated rings. The molecule has 5 heteroatoms. The van der Waals surface area contributed by atoms with Gasteiger partial charge in [0, 0.05) is 6.04 Å². The topological polar surface area (TPSA) is 82.0 Å². The van der Waals surface area contributed by atoms with Crippen LogP contribution in [-0.2, 0) is 4.74 Å². The molecule has 4 N–H and O–H groups in total. The summed E-state index contributed by atoms with van der Waals surface area (Å²) in [4.78, 5) is 0. The van der Waals surface area contributed by atoms with Crippen LogP contribution in [0.4, 0.5) is 0 Å². The molecule has 1 rings (SSSR count). The predicted octanol–water partition coefficient (Wildman–Crippen LogP) is -1.53. The van der Waals surface area contributed by atoms with E-state index in [9.17, 15) is 10.2 Å². The Morgan fingerprint density at radius 3 is 2.50 bits per heavy atom. The number of hydrogen-bond acceptors (Lipinski definition) is 5. The van der Waals surface area contributed by atoms with Crippen molar-refractivity contribution in [3.63, 3.8) is 0 Å². The molecule has 0 bridgehead atoms. The lowest BCUT2D eigenvalue weighted by Crippen LogP contribution is -2.60. The Morgan fingerprint density at radius 1 is 1.36 bits per heavy atom. The van der Waals surface area contributed by atoms with Gasteiger partial charge in [-0.15, -0.1) is 0 Å². The van der Waals surface area contributed by atoms with Crippen LogP contribution in [0.1, 0.15) is 13.8 Å². The van der Waals surface area contributed by atoms with Crippen LogP contribution in [0.15, 0.2) is 0 Å². The Labute approximate surface area is 83.7 Å². The SMILES string of the molecule is CC(C)NC1COC(CO)C(O)C1O. The van der Waals surface area contributed by atoms with Gasteiger partial charge in [-0.1, -0.05) is 13.8 Å². The number of nitrogens with one attached hydrogen (secondary N) is 1. The molecule has 0 radical (unpaired) electrons. The molecule has 5 nitrogen and oxygen atoms in total. The van der Waals surface area contributed by atoms with Gasteiger partial charge in [0.1, 0.15) is 18.3 Å². The third-order valence-corrected chi connectivity index (χ3v) is 2.36. The first-order chi connectivity index (χ1) is 6.56. The van der Waals surface area contributed by atoms with Gasteiger partial charge in [0.05, 0.1) is 19.3 Å². The van der Waals surface area contributed by atoms with E-state index in [2.05, 4.69) is 5.32 Å².